The molecule has 2 rings (SSSR count). The molecule has 128 valence electrons. The summed E-state index contributed by atoms with van der Waals surface area (Å²) in [6.07, 6.45) is 6.82. The monoisotopic (exact) mass is 318 g/mol. The van der Waals surface area contributed by atoms with E-state index in [4.69, 9.17) is 5.73 Å². The van der Waals surface area contributed by atoms with Gasteiger partial charge in [0.1, 0.15) is 5.82 Å². The Bertz CT molecular complexity index is 477. The Balaban J connectivity index is 1.90. The molecule has 3 atom stereocenters. The highest BCUT2D eigenvalue weighted by atomic mass is 16.2. The summed E-state index contributed by atoms with van der Waals surface area (Å²) in [6, 6.07) is 5.88. The third-order valence-electron chi connectivity index (χ3n) is 4.45. The Morgan fingerprint density at radius 2 is 2.13 bits per heavy atom. The molecular weight excluding hydrogens is 288 g/mol. The van der Waals surface area contributed by atoms with Gasteiger partial charge in [0.25, 0.3) is 0 Å². The number of nitrogens with one attached hydrogen (secondary N) is 2. The first-order chi connectivity index (χ1) is 11.1. The van der Waals surface area contributed by atoms with E-state index >= 15 is 0 Å². The lowest BCUT2D eigenvalue weighted by Gasteiger charge is -2.30. The van der Waals surface area contributed by atoms with Gasteiger partial charge in [0.05, 0.1) is 5.92 Å². The van der Waals surface area contributed by atoms with E-state index in [9.17, 15) is 4.79 Å². The van der Waals surface area contributed by atoms with Gasteiger partial charge < -0.3 is 16.4 Å². The van der Waals surface area contributed by atoms with Crippen molar-refractivity contribution in [3.63, 3.8) is 0 Å². The lowest BCUT2D eigenvalue weighted by Crippen LogP contribution is -2.49. The van der Waals surface area contributed by atoms with Crippen molar-refractivity contribution in [1.82, 2.24) is 10.3 Å². The summed E-state index contributed by atoms with van der Waals surface area (Å²) in [5, 5.41) is 6.52. The van der Waals surface area contributed by atoms with Gasteiger partial charge in [-0.3, -0.25) is 4.79 Å². The van der Waals surface area contributed by atoms with Gasteiger partial charge in [0.15, 0.2) is 0 Å². The van der Waals surface area contributed by atoms with Crippen LogP contribution in [0.1, 0.15) is 46.0 Å². The second-order valence-corrected chi connectivity index (χ2v) is 6.99. The molecule has 0 aromatic carbocycles. The molecule has 1 unspecified atom stereocenters. The van der Waals surface area contributed by atoms with Gasteiger partial charge >= 0.3 is 0 Å². The molecule has 1 saturated carbocycles. The van der Waals surface area contributed by atoms with Crippen LogP contribution in [0.15, 0.2) is 24.4 Å². The quantitative estimate of drug-likeness (QED) is 0.722. The molecule has 5 heteroatoms. The highest BCUT2D eigenvalue weighted by molar-refractivity contribution is 5.79. The van der Waals surface area contributed by atoms with E-state index in [1.165, 1.54) is 0 Å². The molecule has 1 amide bonds. The molecule has 0 aliphatic heterocycles. The summed E-state index contributed by atoms with van der Waals surface area (Å²) < 4.78 is 0. The zero-order chi connectivity index (χ0) is 16.7. The third kappa shape index (κ3) is 5.82. The van der Waals surface area contributed by atoms with Crippen molar-refractivity contribution in [2.45, 2.75) is 58.0 Å². The van der Waals surface area contributed by atoms with Crippen LogP contribution in [0, 0.1) is 11.8 Å². The maximum atomic E-state index is 12.6. The van der Waals surface area contributed by atoms with Crippen LogP contribution in [0.5, 0.6) is 0 Å². The van der Waals surface area contributed by atoms with Gasteiger partial charge in [-0.25, -0.2) is 4.98 Å². The number of hydrogen-bond acceptors (Lipinski definition) is 4. The first-order valence-corrected chi connectivity index (χ1v) is 8.77. The van der Waals surface area contributed by atoms with Crippen LogP contribution in [0.4, 0.5) is 5.82 Å². The van der Waals surface area contributed by atoms with E-state index in [1.807, 2.05) is 18.2 Å². The largest absolute Gasteiger partial charge is 0.368 e. The molecule has 5 nitrogen and oxygen atoms in total. The minimum atomic E-state index is -0.0340. The fourth-order valence-corrected chi connectivity index (χ4v) is 3.25. The maximum absolute atomic E-state index is 12.6. The lowest BCUT2D eigenvalue weighted by atomic mass is 9.84. The minimum Gasteiger partial charge on any atom is -0.368 e. The highest BCUT2D eigenvalue weighted by Crippen LogP contribution is 2.23. The van der Waals surface area contributed by atoms with Crippen LogP contribution in [0.2, 0.25) is 0 Å². The maximum Gasteiger partial charge on any atom is 0.224 e. The van der Waals surface area contributed by atoms with Crippen LogP contribution >= 0.6 is 0 Å². The molecule has 4 N–H and O–H groups in total. The topological polar surface area (TPSA) is 80.0 Å². The first kappa shape index (κ1) is 17.7. The number of carbonyl (C=O) groups is 1. The normalized spacial score (nSPS) is 22.6. The SMILES string of the molecule is CC(C)CC(CNc1ccccn1)NC(=O)[C@@H]1CCCC[C@@H]1N. The highest BCUT2D eigenvalue weighted by Gasteiger charge is 2.29. The first-order valence-electron chi connectivity index (χ1n) is 8.77. The van der Waals surface area contributed by atoms with Crippen molar-refractivity contribution in [2.75, 3.05) is 11.9 Å². The fraction of sp³-hybridized carbons (Fsp3) is 0.667. The number of carbonyl (C=O) groups excluding carboxylic acids is 1. The summed E-state index contributed by atoms with van der Waals surface area (Å²) in [7, 11) is 0. The van der Waals surface area contributed by atoms with Crippen molar-refractivity contribution in [3.8, 4) is 0 Å². The Hall–Kier alpha value is -1.62. The van der Waals surface area contributed by atoms with E-state index in [1.54, 1.807) is 6.20 Å². The molecule has 0 saturated heterocycles. The Morgan fingerprint density at radius 3 is 2.78 bits per heavy atom. The van der Waals surface area contributed by atoms with Crippen LogP contribution in [0.25, 0.3) is 0 Å². The van der Waals surface area contributed by atoms with E-state index in [-0.39, 0.29) is 23.9 Å². The fourth-order valence-electron chi connectivity index (χ4n) is 3.25. The Labute approximate surface area is 139 Å². The van der Waals surface area contributed by atoms with E-state index in [0.29, 0.717) is 12.5 Å². The standard InChI is InChI=1S/C18H30N4O/c1-13(2)11-14(12-21-17-9-5-6-10-20-17)22-18(23)15-7-3-4-8-16(15)19/h5-6,9-10,13-16H,3-4,7-8,11-12,19H2,1-2H3,(H,20,21)(H,22,23)/t14?,15-,16+/m1/s1. The Kier molecular flexibility index (Phi) is 6.84. The zero-order valence-electron chi connectivity index (χ0n) is 14.3. The number of nitrogens with two attached hydrogens (primary N) is 1. The number of pyridine rings is 1. The molecular formula is C18H30N4O. The van der Waals surface area contributed by atoms with E-state index < -0.39 is 0 Å². The second kappa shape index (κ2) is 8.87. The number of nitrogens with zero attached hydrogens (tertiary/aromatic N) is 1. The predicted octanol–water partition coefficient (Wildman–Crippen LogP) is 2.54. The number of aromatic nitrogens is 1. The smallest absolute Gasteiger partial charge is 0.224 e. The van der Waals surface area contributed by atoms with Gasteiger partial charge in [0.2, 0.25) is 5.91 Å². The van der Waals surface area contributed by atoms with Crippen LogP contribution in [-0.4, -0.2) is 29.5 Å². The molecule has 0 bridgehead atoms. The zero-order valence-corrected chi connectivity index (χ0v) is 14.3. The number of rotatable bonds is 7. The van der Waals surface area contributed by atoms with Gasteiger partial charge in [-0.2, -0.15) is 0 Å². The predicted molar refractivity (Wildman–Crippen MR) is 94.0 cm³/mol. The lowest BCUT2D eigenvalue weighted by molar-refractivity contribution is -0.127. The molecule has 1 heterocycles. The molecule has 1 fully saturated rings. The molecule has 1 aromatic heterocycles. The third-order valence-corrected chi connectivity index (χ3v) is 4.45. The average Bonchev–Trinajstić information content (AvgIpc) is 2.53. The number of amides is 1. The van der Waals surface area contributed by atoms with Gasteiger partial charge in [-0.05, 0) is 37.3 Å². The molecule has 23 heavy (non-hydrogen) atoms. The second-order valence-electron chi connectivity index (χ2n) is 6.99. The van der Waals surface area contributed by atoms with Crippen molar-refractivity contribution in [1.29, 1.82) is 0 Å². The van der Waals surface area contributed by atoms with Gasteiger partial charge in [0, 0.05) is 24.8 Å². The summed E-state index contributed by atoms with van der Waals surface area (Å²) >= 11 is 0. The number of anilines is 1. The summed E-state index contributed by atoms with van der Waals surface area (Å²) in [5.74, 6) is 1.44. The summed E-state index contributed by atoms with van der Waals surface area (Å²) in [6.45, 7) is 5.03. The van der Waals surface area contributed by atoms with Crippen LogP contribution in [-0.2, 0) is 4.79 Å². The van der Waals surface area contributed by atoms with E-state index in [2.05, 4.69) is 29.5 Å². The minimum absolute atomic E-state index is 0.00667. The van der Waals surface area contributed by atoms with Gasteiger partial charge in [-0.15, -0.1) is 0 Å². The summed E-state index contributed by atoms with van der Waals surface area (Å²) in [4.78, 5) is 16.8. The molecule has 1 aromatic rings. The molecule has 1 aliphatic rings. The van der Waals surface area contributed by atoms with Crippen molar-refractivity contribution in [3.05, 3.63) is 24.4 Å². The van der Waals surface area contributed by atoms with Crippen molar-refractivity contribution >= 4 is 11.7 Å². The van der Waals surface area contributed by atoms with E-state index in [0.717, 1.165) is 37.9 Å². The van der Waals surface area contributed by atoms with Crippen LogP contribution in [0.3, 0.4) is 0 Å². The Morgan fingerprint density at radius 1 is 1.35 bits per heavy atom. The van der Waals surface area contributed by atoms with Crippen LogP contribution < -0.4 is 16.4 Å². The molecule has 0 spiro atoms. The molecule has 1 aliphatic carbocycles. The van der Waals surface area contributed by atoms with Crippen molar-refractivity contribution in [2.24, 2.45) is 17.6 Å². The average molecular weight is 318 g/mol. The van der Waals surface area contributed by atoms with Crippen molar-refractivity contribution < 1.29 is 4.79 Å². The number of hydrogen-bond donors (Lipinski definition) is 3. The molecule has 0 radical (unpaired) electrons. The van der Waals surface area contributed by atoms with Gasteiger partial charge in [-0.1, -0.05) is 32.8 Å². The summed E-state index contributed by atoms with van der Waals surface area (Å²) in [5.41, 5.74) is 6.14.